The highest BCUT2D eigenvalue weighted by Gasteiger charge is 2.37. The van der Waals surface area contributed by atoms with Crippen molar-refractivity contribution in [3.8, 4) is 0 Å². The fraction of sp³-hybridized carbons (Fsp3) is 0.417. The van der Waals surface area contributed by atoms with Crippen molar-refractivity contribution in [3.05, 3.63) is 23.8 Å². The van der Waals surface area contributed by atoms with Gasteiger partial charge in [0.25, 0.3) is 0 Å². The lowest BCUT2D eigenvalue weighted by molar-refractivity contribution is -0.118. The summed E-state index contributed by atoms with van der Waals surface area (Å²) in [4.78, 5) is 13.8. The summed E-state index contributed by atoms with van der Waals surface area (Å²) in [6.45, 7) is 4.37. The van der Waals surface area contributed by atoms with Crippen LogP contribution in [-0.4, -0.2) is 18.0 Å². The van der Waals surface area contributed by atoms with Gasteiger partial charge >= 0.3 is 0 Å². The lowest BCUT2D eigenvalue weighted by Crippen LogP contribution is -2.51. The molecule has 1 aromatic carbocycles. The topological polar surface area (TPSA) is 72.3 Å². The molecule has 0 aliphatic carbocycles. The number of benzene rings is 1. The largest absolute Gasteiger partial charge is 0.399 e. The minimum Gasteiger partial charge on any atom is -0.399 e. The SMILES string of the molecule is CC(C)(CN)N1C(=O)Cc2cc(N)ccc21. The van der Waals surface area contributed by atoms with Gasteiger partial charge in [0.05, 0.1) is 12.0 Å². The molecule has 0 aromatic heterocycles. The fourth-order valence-electron chi connectivity index (χ4n) is 2.10. The standard InChI is InChI=1S/C12H17N3O/c1-12(2,7-13)15-10-4-3-9(14)5-8(10)6-11(15)16/h3-5H,6-7,13-14H2,1-2H3. The minimum absolute atomic E-state index is 0.0936. The summed E-state index contributed by atoms with van der Waals surface area (Å²) in [6, 6.07) is 5.57. The quantitative estimate of drug-likeness (QED) is 0.726. The zero-order valence-corrected chi connectivity index (χ0v) is 9.66. The van der Waals surface area contributed by atoms with Crippen LogP contribution in [0.2, 0.25) is 0 Å². The maximum atomic E-state index is 12.0. The lowest BCUT2D eigenvalue weighted by atomic mass is 10.0. The first-order valence-corrected chi connectivity index (χ1v) is 5.37. The molecule has 1 aromatic rings. The van der Waals surface area contributed by atoms with Crippen molar-refractivity contribution < 1.29 is 4.79 Å². The van der Waals surface area contributed by atoms with E-state index in [4.69, 9.17) is 11.5 Å². The van der Waals surface area contributed by atoms with Gasteiger partial charge in [0.15, 0.2) is 0 Å². The van der Waals surface area contributed by atoms with Crippen LogP contribution in [0.3, 0.4) is 0 Å². The number of nitrogen functional groups attached to an aromatic ring is 1. The van der Waals surface area contributed by atoms with E-state index >= 15 is 0 Å². The van der Waals surface area contributed by atoms with Gasteiger partial charge in [-0.2, -0.15) is 0 Å². The Kier molecular flexibility index (Phi) is 2.39. The number of carbonyl (C=O) groups is 1. The Morgan fingerprint density at radius 2 is 2.12 bits per heavy atom. The first-order chi connectivity index (χ1) is 7.45. The van der Waals surface area contributed by atoms with Crippen molar-refractivity contribution >= 4 is 17.3 Å². The molecule has 0 spiro atoms. The van der Waals surface area contributed by atoms with E-state index in [-0.39, 0.29) is 11.4 Å². The van der Waals surface area contributed by atoms with Gasteiger partial charge < -0.3 is 16.4 Å². The van der Waals surface area contributed by atoms with E-state index in [0.29, 0.717) is 18.7 Å². The van der Waals surface area contributed by atoms with E-state index in [9.17, 15) is 4.79 Å². The Labute approximate surface area is 95.2 Å². The molecule has 4 nitrogen and oxygen atoms in total. The van der Waals surface area contributed by atoms with Crippen LogP contribution in [0.25, 0.3) is 0 Å². The zero-order chi connectivity index (χ0) is 11.9. The molecule has 0 saturated heterocycles. The molecule has 0 radical (unpaired) electrons. The summed E-state index contributed by atoms with van der Waals surface area (Å²) < 4.78 is 0. The molecule has 0 saturated carbocycles. The monoisotopic (exact) mass is 219 g/mol. The molecule has 86 valence electrons. The summed E-state index contributed by atoms with van der Waals surface area (Å²) in [7, 11) is 0. The number of hydrogen-bond acceptors (Lipinski definition) is 3. The van der Waals surface area contributed by atoms with Crippen molar-refractivity contribution in [1.29, 1.82) is 0 Å². The highest BCUT2D eigenvalue weighted by molar-refractivity contribution is 6.02. The second-order valence-electron chi connectivity index (χ2n) is 4.81. The van der Waals surface area contributed by atoms with Crippen LogP contribution in [0.15, 0.2) is 18.2 Å². The molecule has 0 bridgehead atoms. The van der Waals surface area contributed by atoms with E-state index in [1.54, 1.807) is 4.90 Å². The molecule has 1 aliphatic heterocycles. The van der Waals surface area contributed by atoms with Crippen LogP contribution in [0.4, 0.5) is 11.4 Å². The second-order valence-corrected chi connectivity index (χ2v) is 4.81. The van der Waals surface area contributed by atoms with Crippen molar-refractivity contribution in [3.63, 3.8) is 0 Å². The van der Waals surface area contributed by atoms with Gasteiger partial charge in [0, 0.05) is 17.9 Å². The summed E-state index contributed by atoms with van der Waals surface area (Å²) in [6.07, 6.45) is 0.420. The molecule has 1 heterocycles. The Morgan fingerprint density at radius 1 is 1.44 bits per heavy atom. The lowest BCUT2D eigenvalue weighted by Gasteiger charge is -2.35. The highest BCUT2D eigenvalue weighted by atomic mass is 16.2. The normalized spacial score (nSPS) is 15.4. The van der Waals surface area contributed by atoms with E-state index in [2.05, 4.69) is 0 Å². The third kappa shape index (κ3) is 1.55. The maximum Gasteiger partial charge on any atom is 0.232 e. The predicted octanol–water partition coefficient (Wildman–Crippen LogP) is 0.895. The first kappa shape index (κ1) is 11.0. The molecule has 1 aliphatic rings. The Hall–Kier alpha value is -1.55. The third-order valence-electron chi connectivity index (χ3n) is 3.04. The third-order valence-corrected chi connectivity index (χ3v) is 3.04. The summed E-state index contributed by atoms with van der Waals surface area (Å²) in [5.41, 5.74) is 13.7. The van der Waals surface area contributed by atoms with Crippen LogP contribution >= 0.6 is 0 Å². The number of nitrogens with two attached hydrogens (primary N) is 2. The van der Waals surface area contributed by atoms with Gasteiger partial charge in [0.2, 0.25) is 5.91 Å². The Morgan fingerprint density at radius 3 is 2.75 bits per heavy atom. The summed E-state index contributed by atoms with van der Waals surface area (Å²) in [5.74, 6) is 0.0936. The minimum atomic E-state index is -0.349. The molecular weight excluding hydrogens is 202 g/mol. The first-order valence-electron chi connectivity index (χ1n) is 5.37. The van der Waals surface area contributed by atoms with E-state index in [1.165, 1.54) is 0 Å². The summed E-state index contributed by atoms with van der Waals surface area (Å²) in [5, 5.41) is 0. The number of fused-ring (bicyclic) bond motifs is 1. The van der Waals surface area contributed by atoms with Gasteiger partial charge in [-0.25, -0.2) is 0 Å². The van der Waals surface area contributed by atoms with E-state index < -0.39 is 0 Å². The molecule has 4 heteroatoms. The molecule has 16 heavy (non-hydrogen) atoms. The van der Waals surface area contributed by atoms with Crippen molar-refractivity contribution in [1.82, 2.24) is 0 Å². The highest BCUT2D eigenvalue weighted by Crippen LogP contribution is 2.35. The van der Waals surface area contributed by atoms with Crippen LogP contribution in [0.1, 0.15) is 19.4 Å². The second kappa shape index (κ2) is 3.49. The van der Waals surface area contributed by atoms with Crippen LogP contribution in [-0.2, 0) is 11.2 Å². The molecule has 2 rings (SSSR count). The van der Waals surface area contributed by atoms with Crippen molar-refractivity contribution in [2.24, 2.45) is 5.73 Å². The predicted molar refractivity (Wildman–Crippen MR) is 65.2 cm³/mol. The van der Waals surface area contributed by atoms with Crippen LogP contribution in [0.5, 0.6) is 0 Å². The number of hydrogen-bond donors (Lipinski definition) is 2. The fourth-order valence-corrected chi connectivity index (χ4v) is 2.10. The van der Waals surface area contributed by atoms with E-state index in [1.807, 2.05) is 32.0 Å². The van der Waals surface area contributed by atoms with Gasteiger partial charge in [-0.1, -0.05) is 0 Å². The van der Waals surface area contributed by atoms with Crippen molar-refractivity contribution in [2.45, 2.75) is 25.8 Å². The average Bonchev–Trinajstić information content (AvgIpc) is 2.53. The van der Waals surface area contributed by atoms with Gasteiger partial charge in [-0.3, -0.25) is 4.79 Å². The number of nitrogens with zero attached hydrogens (tertiary/aromatic N) is 1. The van der Waals surface area contributed by atoms with Crippen LogP contribution < -0.4 is 16.4 Å². The van der Waals surface area contributed by atoms with Crippen LogP contribution in [0, 0.1) is 0 Å². The molecule has 0 atom stereocenters. The molecule has 0 unspecified atom stereocenters. The smallest absolute Gasteiger partial charge is 0.232 e. The van der Waals surface area contributed by atoms with Gasteiger partial charge in [0.1, 0.15) is 0 Å². The molecular formula is C12H17N3O. The molecule has 0 fully saturated rings. The number of carbonyl (C=O) groups excluding carboxylic acids is 1. The van der Waals surface area contributed by atoms with Gasteiger partial charge in [-0.15, -0.1) is 0 Å². The van der Waals surface area contributed by atoms with Gasteiger partial charge in [-0.05, 0) is 37.6 Å². The molecule has 1 amide bonds. The summed E-state index contributed by atoms with van der Waals surface area (Å²) >= 11 is 0. The Bertz CT molecular complexity index is 440. The zero-order valence-electron chi connectivity index (χ0n) is 9.66. The Balaban J connectivity index is 2.48. The average molecular weight is 219 g/mol. The van der Waals surface area contributed by atoms with E-state index in [0.717, 1.165) is 11.3 Å². The number of amides is 1. The maximum absolute atomic E-state index is 12.0. The number of rotatable bonds is 2. The molecule has 4 N–H and O–H groups in total. The van der Waals surface area contributed by atoms with Crippen molar-refractivity contribution in [2.75, 3.05) is 17.2 Å². The number of anilines is 2.